The van der Waals surface area contributed by atoms with Crippen LogP contribution in [0.15, 0.2) is 12.1 Å². The number of methoxy groups -OCH3 is 2. The van der Waals surface area contributed by atoms with Gasteiger partial charge >= 0.3 is 5.97 Å². The zero-order chi connectivity index (χ0) is 19.1. The van der Waals surface area contributed by atoms with E-state index in [0.717, 1.165) is 12.8 Å². The van der Waals surface area contributed by atoms with Crippen molar-refractivity contribution < 1.29 is 23.4 Å². The Morgan fingerprint density at radius 3 is 2.62 bits per heavy atom. The monoisotopic (exact) mass is 368 g/mol. The molecule has 1 aliphatic heterocycles. The van der Waals surface area contributed by atoms with Gasteiger partial charge in [0.1, 0.15) is 5.82 Å². The Morgan fingerprint density at radius 2 is 2.08 bits per heavy atom. The molecular weight excluding hydrogens is 339 g/mol. The molecular formula is C19H29FN2O4. The molecule has 6 nitrogen and oxygen atoms in total. The summed E-state index contributed by atoms with van der Waals surface area (Å²) in [4.78, 5) is 13.7. The standard InChI is InChI=1S/C19H29FN2O4/c1-4-22(15-5-7-26-8-6-15)19-16(20)9-13(10-17(19)21)14(12-24-2)11-18(23)25-3/h9-10,14-15H,4-8,11-12,21H2,1-3H3. The third kappa shape index (κ3) is 4.86. The summed E-state index contributed by atoms with van der Waals surface area (Å²) in [5, 5.41) is 0. The first-order valence-corrected chi connectivity index (χ1v) is 9.00. The number of benzene rings is 1. The summed E-state index contributed by atoms with van der Waals surface area (Å²) in [5.41, 5.74) is 7.67. The fourth-order valence-electron chi connectivity index (χ4n) is 3.54. The van der Waals surface area contributed by atoms with Gasteiger partial charge < -0.3 is 24.8 Å². The Bertz CT molecular complexity index is 582. The van der Waals surface area contributed by atoms with Crippen molar-refractivity contribution in [2.24, 2.45) is 0 Å². The molecule has 0 amide bonds. The van der Waals surface area contributed by atoms with Gasteiger partial charge in [0.05, 0.1) is 31.5 Å². The molecule has 0 spiro atoms. The van der Waals surface area contributed by atoms with Gasteiger partial charge in [-0.05, 0) is 37.5 Å². The summed E-state index contributed by atoms with van der Waals surface area (Å²) < 4.78 is 30.3. The molecule has 0 bridgehead atoms. The summed E-state index contributed by atoms with van der Waals surface area (Å²) in [6, 6.07) is 3.41. The van der Waals surface area contributed by atoms with Crippen molar-refractivity contribution in [3.05, 3.63) is 23.5 Å². The average Bonchev–Trinajstić information content (AvgIpc) is 2.64. The lowest BCUT2D eigenvalue weighted by molar-refractivity contribution is -0.141. The highest BCUT2D eigenvalue weighted by Gasteiger charge is 2.26. The van der Waals surface area contributed by atoms with Gasteiger partial charge in [-0.3, -0.25) is 4.79 Å². The van der Waals surface area contributed by atoms with Crippen molar-refractivity contribution in [1.82, 2.24) is 0 Å². The smallest absolute Gasteiger partial charge is 0.306 e. The highest BCUT2D eigenvalue weighted by Crippen LogP contribution is 2.35. The first-order valence-electron chi connectivity index (χ1n) is 9.00. The Labute approximate surface area is 154 Å². The molecule has 1 saturated heterocycles. The minimum absolute atomic E-state index is 0.111. The van der Waals surface area contributed by atoms with Gasteiger partial charge in [0.25, 0.3) is 0 Å². The van der Waals surface area contributed by atoms with Gasteiger partial charge in [0.15, 0.2) is 0 Å². The van der Waals surface area contributed by atoms with Gasteiger partial charge in [-0.25, -0.2) is 4.39 Å². The number of carbonyl (C=O) groups is 1. The molecule has 7 heteroatoms. The third-order valence-electron chi connectivity index (χ3n) is 4.85. The molecule has 1 atom stereocenters. The number of nitrogen functional groups attached to an aromatic ring is 1. The number of anilines is 2. The molecule has 0 saturated carbocycles. The number of hydrogen-bond acceptors (Lipinski definition) is 6. The molecule has 1 aromatic rings. The van der Waals surface area contributed by atoms with E-state index in [1.54, 1.807) is 13.2 Å². The molecule has 146 valence electrons. The molecule has 1 aromatic carbocycles. The Hall–Kier alpha value is -1.86. The van der Waals surface area contributed by atoms with Crippen LogP contribution in [-0.4, -0.2) is 52.6 Å². The highest BCUT2D eigenvalue weighted by atomic mass is 19.1. The average molecular weight is 368 g/mol. The molecule has 2 rings (SSSR count). The van der Waals surface area contributed by atoms with E-state index in [4.69, 9.17) is 19.9 Å². The minimum Gasteiger partial charge on any atom is -0.469 e. The number of halogens is 1. The van der Waals surface area contributed by atoms with Crippen LogP contribution >= 0.6 is 0 Å². The maximum atomic E-state index is 15.0. The van der Waals surface area contributed by atoms with Crippen molar-refractivity contribution >= 4 is 17.3 Å². The van der Waals surface area contributed by atoms with E-state index >= 15 is 4.39 Å². The van der Waals surface area contributed by atoms with Crippen molar-refractivity contribution in [1.29, 1.82) is 0 Å². The molecule has 1 heterocycles. The van der Waals surface area contributed by atoms with Crippen molar-refractivity contribution in [2.75, 3.05) is 51.2 Å². The predicted molar refractivity (Wildman–Crippen MR) is 98.9 cm³/mol. The maximum Gasteiger partial charge on any atom is 0.306 e. The number of rotatable bonds is 8. The lowest BCUT2D eigenvalue weighted by atomic mass is 9.94. The molecule has 0 radical (unpaired) electrons. The quantitative estimate of drug-likeness (QED) is 0.562. The highest BCUT2D eigenvalue weighted by molar-refractivity contribution is 5.72. The van der Waals surface area contributed by atoms with Crippen LogP contribution < -0.4 is 10.6 Å². The van der Waals surface area contributed by atoms with Gasteiger partial charge in [0, 0.05) is 38.8 Å². The van der Waals surface area contributed by atoms with Crippen LogP contribution in [0.5, 0.6) is 0 Å². The van der Waals surface area contributed by atoms with Crippen LogP contribution in [0.2, 0.25) is 0 Å². The zero-order valence-electron chi connectivity index (χ0n) is 15.8. The van der Waals surface area contributed by atoms with Gasteiger partial charge in [0.2, 0.25) is 0 Å². The summed E-state index contributed by atoms with van der Waals surface area (Å²) >= 11 is 0. The van der Waals surface area contributed by atoms with E-state index < -0.39 is 0 Å². The second-order valence-electron chi connectivity index (χ2n) is 6.50. The van der Waals surface area contributed by atoms with E-state index in [-0.39, 0.29) is 36.8 Å². The molecule has 1 aliphatic rings. The van der Waals surface area contributed by atoms with Gasteiger partial charge in [-0.2, -0.15) is 0 Å². The van der Waals surface area contributed by atoms with Crippen LogP contribution in [0, 0.1) is 5.82 Å². The van der Waals surface area contributed by atoms with E-state index in [2.05, 4.69) is 0 Å². The number of nitrogens with two attached hydrogens (primary N) is 1. The first kappa shape index (κ1) is 20.5. The molecule has 0 aliphatic carbocycles. The van der Waals surface area contributed by atoms with E-state index in [1.165, 1.54) is 13.2 Å². The molecule has 26 heavy (non-hydrogen) atoms. The maximum absolute atomic E-state index is 15.0. The molecule has 1 fully saturated rings. The van der Waals surface area contributed by atoms with Crippen LogP contribution in [0.1, 0.15) is 37.7 Å². The Morgan fingerprint density at radius 1 is 1.38 bits per heavy atom. The number of carbonyl (C=O) groups excluding carboxylic acids is 1. The van der Waals surface area contributed by atoms with Crippen LogP contribution in [0.3, 0.4) is 0 Å². The number of ether oxygens (including phenoxy) is 3. The SMILES string of the molecule is CCN(c1c(N)cc(C(COC)CC(=O)OC)cc1F)C1CCOCC1. The van der Waals surface area contributed by atoms with Crippen molar-refractivity contribution in [3.63, 3.8) is 0 Å². The summed E-state index contributed by atoms with van der Waals surface area (Å²) in [6.07, 6.45) is 1.81. The Kier molecular flexibility index (Phi) is 7.66. The normalized spacial score (nSPS) is 16.3. The number of nitrogens with zero attached hydrogens (tertiary/aromatic N) is 1. The zero-order valence-corrected chi connectivity index (χ0v) is 15.8. The Balaban J connectivity index is 2.31. The number of esters is 1. The number of hydrogen-bond donors (Lipinski definition) is 1. The molecule has 2 N–H and O–H groups in total. The fraction of sp³-hybridized carbons (Fsp3) is 0.632. The van der Waals surface area contributed by atoms with Crippen molar-refractivity contribution in [2.45, 2.75) is 38.1 Å². The minimum atomic E-state index is -0.376. The second-order valence-corrected chi connectivity index (χ2v) is 6.50. The van der Waals surface area contributed by atoms with Crippen molar-refractivity contribution in [3.8, 4) is 0 Å². The van der Waals surface area contributed by atoms with Crippen LogP contribution in [0.25, 0.3) is 0 Å². The van der Waals surface area contributed by atoms with E-state index in [0.29, 0.717) is 36.7 Å². The summed E-state index contributed by atoms with van der Waals surface area (Å²) in [6.45, 7) is 4.29. The first-order chi connectivity index (χ1) is 12.5. The topological polar surface area (TPSA) is 74.0 Å². The van der Waals surface area contributed by atoms with Crippen LogP contribution in [-0.2, 0) is 19.0 Å². The van der Waals surface area contributed by atoms with Gasteiger partial charge in [-0.1, -0.05) is 0 Å². The summed E-state index contributed by atoms with van der Waals surface area (Å²) in [5.74, 6) is -1.05. The molecule has 0 aromatic heterocycles. The molecule has 1 unspecified atom stereocenters. The largest absolute Gasteiger partial charge is 0.469 e. The van der Waals surface area contributed by atoms with E-state index in [9.17, 15) is 4.79 Å². The second kappa shape index (κ2) is 9.73. The third-order valence-corrected chi connectivity index (χ3v) is 4.85. The van der Waals surface area contributed by atoms with Crippen LogP contribution in [0.4, 0.5) is 15.8 Å². The summed E-state index contributed by atoms with van der Waals surface area (Å²) in [7, 11) is 2.87. The lowest BCUT2D eigenvalue weighted by Crippen LogP contribution is -2.40. The lowest BCUT2D eigenvalue weighted by Gasteiger charge is -2.36. The van der Waals surface area contributed by atoms with E-state index in [1.807, 2.05) is 11.8 Å². The predicted octanol–water partition coefficient (Wildman–Crippen LogP) is 2.71. The fourth-order valence-corrected chi connectivity index (χ4v) is 3.54. The van der Waals surface area contributed by atoms with Gasteiger partial charge in [-0.15, -0.1) is 0 Å².